The van der Waals surface area contributed by atoms with E-state index in [0.717, 1.165) is 17.0 Å². The topological polar surface area (TPSA) is 26.0 Å². The summed E-state index contributed by atoms with van der Waals surface area (Å²) in [4.78, 5) is 0. The second-order valence-electron chi connectivity index (χ2n) is 5.05. The van der Waals surface area contributed by atoms with E-state index in [4.69, 9.17) is 17.3 Å². The Morgan fingerprint density at radius 2 is 2.13 bits per heavy atom. The molecule has 1 unspecified atom stereocenters. The van der Waals surface area contributed by atoms with Crippen molar-refractivity contribution in [3.8, 4) is 0 Å². The zero-order valence-electron chi connectivity index (χ0n) is 9.39. The smallest absolute Gasteiger partial charge is 0.0435 e. The van der Waals surface area contributed by atoms with Crippen molar-refractivity contribution in [3.05, 3.63) is 34.3 Å². The van der Waals surface area contributed by atoms with E-state index in [0.29, 0.717) is 5.41 Å². The number of hydrogen-bond donors (Lipinski definition) is 1. The van der Waals surface area contributed by atoms with Crippen molar-refractivity contribution in [1.82, 2.24) is 0 Å². The molecule has 15 heavy (non-hydrogen) atoms. The number of hydrogen-bond acceptors (Lipinski definition) is 1. The summed E-state index contributed by atoms with van der Waals surface area (Å²) in [6.07, 6.45) is 3.52. The standard InChI is InChI=1S/C13H18ClN/c1-9-7-10(3-4-11(9)14)8-12(15)13(2)5-6-13/h3-4,7,12H,5-6,8,15H2,1-2H3. The molecule has 0 aliphatic heterocycles. The molecule has 82 valence electrons. The third kappa shape index (κ3) is 2.35. The molecule has 2 rings (SSSR count). The van der Waals surface area contributed by atoms with Crippen LogP contribution in [-0.4, -0.2) is 6.04 Å². The van der Waals surface area contributed by atoms with Crippen LogP contribution in [0.3, 0.4) is 0 Å². The van der Waals surface area contributed by atoms with Crippen LogP contribution in [0.4, 0.5) is 0 Å². The molecule has 1 aliphatic carbocycles. The highest BCUT2D eigenvalue weighted by Crippen LogP contribution is 2.48. The normalized spacial score (nSPS) is 20.0. The number of aryl methyl sites for hydroxylation is 1. The molecule has 0 bridgehead atoms. The molecule has 1 fully saturated rings. The van der Waals surface area contributed by atoms with E-state index in [1.165, 1.54) is 18.4 Å². The first-order valence-corrected chi connectivity index (χ1v) is 5.90. The van der Waals surface area contributed by atoms with Crippen LogP contribution in [0.15, 0.2) is 18.2 Å². The van der Waals surface area contributed by atoms with Crippen molar-refractivity contribution in [2.24, 2.45) is 11.1 Å². The van der Waals surface area contributed by atoms with Crippen molar-refractivity contribution < 1.29 is 0 Å². The Morgan fingerprint density at radius 3 is 2.67 bits per heavy atom. The van der Waals surface area contributed by atoms with E-state index in [9.17, 15) is 0 Å². The molecule has 0 radical (unpaired) electrons. The molecule has 1 aliphatic rings. The van der Waals surface area contributed by atoms with Crippen LogP contribution in [0.25, 0.3) is 0 Å². The van der Waals surface area contributed by atoms with Gasteiger partial charge in [-0.2, -0.15) is 0 Å². The van der Waals surface area contributed by atoms with Crippen LogP contribution >= 0.6 is 11.6 Å². The number of halogens is 1. The van der Waals surface area contributed by atoms with Gasteiger partial charge in [0.05, 0.1) is 0 Å². The summed E-state index contributed by atoms with van der Waals surface area (Å²) in [6, 6.07) is 6.49. The lowest BCUT2D eigenvalue weighted by molar-refractivity contribution is 0.433. The molecule has 0 heterocycles. The third-order valence-corrected chi connectivity index (χ3v) is 4.04. The number of nitrogens with two attached hydrogens (primary N) is 1. The van der Waals surface area contributed by atoms with Gasteiger partial charge in [-0.25, -0.2) is 0 Å². The minimum atomic E-state index is 0.290. The number of benzene rings is 1. The van der Waals surface area contributed by atoms with Crippen molar-refractivity contribution in [3.63, 3.8) is 0 Å². The van der Waals surface area contributed by atoms with Crippen LogP contribution < -0.4 is 5.73 Å². The summed E-state index contributed by atoms with van der Waals surface area (Å²) in [6.45, 7) is 4.32. The molecule has 1 aromatic rings. The molecule has 2 heteroatoms. The molecule has 0 aromatic heterocycles. The Bertz CT molecular complexity index is 369. The summed E-state index contributed by atoms with van der Waals surface area (Å²) in [7, 11) is 0. The van der Waals surface area contributed by atoms with E-state index < -0.39 is 0 Å². The first kappa shape index (κ1) is 11.0. The Hall–Kier alpha value is -0.530. The van der Waals surface area contributed by atoms with Crippen molar-refractivity contribution >= 4 is 11.6 Å². The summed E-state index contributed by atoms with van der Waals surface area (Å²) in [5.74, 6) is 0. The van der Waals surface area contributed by atoms with Gasteiger partial charge in [-0.05, 0) is 48.8 Å². The van der Waals surface area contributed by atoms with Crippen LogP contribution in [0.2, 0.25) is 5.02 Å². The fraction of sp³-hybridized carbons (Fsp3) is 0.538. The number of rotatable bonds is 3. The second-order valence-corrected chi connectivity index (χ2v) is 5.46. The van der Waals surface area contributed by atoms with E-state index in [1.807, 2.05) is 13.0 Å². The van der Waals surface area contributed by atoms with Gasteiger partial charge in [0.1, 0.15) is 0 Å². The predicted molar refractivity (Wildman–Crippen MR) is 65.2 cm³/mol. The average Bonchev–Trinajstić information content (AvgIpc) is 2.92. The Morgan fingerprint density at radius 1 is 1.47 bits per heavy atom. The minimum absolute atomic E-state index is 0.290. The fourth-order valence-electron chi connectivity index (χ4n) is 1.90. The largest absolute Gasteiger partial charge is 0.327 e. The first-order valence-electron chi connectivity index (χ1n) is 5.52. The predicted octanol–water partition coefficient (Wildman–Crippen LogP) is 3.32. The molecular formula is C13H18ClN. The van der Waals surface area contributed by atoms with E-state index in [-0.39, 0.29) is 6.04 Å². The van der Waals surface area contributed by atoms with Gasteiger partial charge in [0.2, 0.25) is 0 Å². The fourth-order valence-corrected chi connectivity index (χ4v) is 2.02. The summed E-state index contributed by atoms with van der Waals surface area (Å²) < 4.78 is 0. The van der Waals surface area contributed by atoms with E-state index in [1.54, 1.807) is 0 Å². The van der Waals surface area contributed by atoms with Crippen LogP contribution in [-0.2, 0) is 6.42 Å². The monoisotopic (exact) mass is 223 g/mol. The van der Waals surface area contributed by atoms with Gasteiger partial charge < -0.3 is 5.73 Å². The highest BCUT2D eigenvalue weighted by molar-refractivity contribution is 6.31. The third-order valence-electron chi connectivity index (χ3n) is 3.61. The van der Waals surface area contributed by atoms with Gasteiger partial charge in [-0.15, -0.1) is 0 Å². The van der Waals surface area contributed by atoms with Crippen LogP contribution in [0.5, 0.6) is 0 Å². The zero-order valence-corrected chi connectivity index (χ0v) is 10.1. The van der Waals surface area contributed by atoms with Crippen LogP contribution in [0, 0.1) is 12.3 Å². The van der Waals surface area contributed by atoms with E-state index in [2.05, 4.69) is 19.1 Å². The lowest BCUT2D eigenvalue weighted by Crippen LogP contribution is -2.31. The Labute approximate surface area is 96.6 Å². The van der Waals surface area contributed by atoms with Gasteiger partial charge in [0.25, 0.3) is 0 Å². The molecular weight excluding hydrogens is 206 g/mol. The molecule has 0 saturated heterocycles. The van der Waals surface area contributed by atoms with Gasteiger partial charge in [-0.1, -0.05) is 30.7 Å². The maximum Gasteiger partial charge on any atom is 0.0435 e. The molecule has 1 aromatic carbocycles. The van der Waals surface area contributed by atoms with Gasteiger partial charge in [0, 0.05) is 11.1 Å². The summed E-state index contributed by atoms with van der Waals surface area (Å²) in [5.41, 5.74) is 9.04. The SMILES string of the molecule is Cc1cc(CC(N)C2(C)CC2)ccc1Cl. The average molecular weight is 224 g/mol. The highest BCUT2D eigenvalue weighted by Gasteiger charge is 2.42. The molecule has 1 saturated carbocycles. The van der Waals surface area contributed by atoms with Gasteiger partial charge in [0.15, 0.2) is 0 Å². The zero-order chi connectivity index (χ0) is 11.1. The lowest BCUT2D eigenvalue weighted by atomic mass is 9.93. The maximum atomic E-state index is 6.20. The molecule has 1 atom stereocenters. The first-order chi connectivity index (χ1) is 7.01. The summed E-state index contributed by atoms with van der Waals surface area (Å²) >= 11 is 5.99. The highest BCUT2D eigenvalue weighted by atomic mass is 35.5. The molecule has 0 spiro atoms. The van der Waals surface area contributed by atoms with Crippen LogP contribution in [0.1, 0.15) is 30.9 Å². The van der Waals surface area contributed by atoms with E-state index >= 15 is 0 Å². The molecule has 0 amide bonds. The van der Waals surface area contributed by atoms with Gasteiger partial charge in [-0.3, -0.25) is 0 Å². The lowest BCUT2D eigenvalue weighted by Gasteiger charge is -2.18. The van der Waals surface area contributed by atoms with Crippen molar-refractivity contribution in [2.75, 3.05) is 0 Å². The minimum Gasteiger partial charge on any atom is -0.327 e. The Kier molecular flexibility index (Phi) is 2.78. The maximum absolute atomic E-state index is 6.20. The molecule has 1 nitrogen and oxygen atoms in total. The quantitative estimate of drug-likeness (QED) is 0.836. The van der Waals surface area contributed by atoms with Crippen molar-refractivity contribution in [2.45, 2.75) is 39.2 Å². The summed E-state index contributed by atoms with van der Waals surface area (Å²) in [5, 5.41) is 0.838. The molecule has 2 N–H and O–H groups in total. The Balaban J connectivity index is 2.07. The van der Waals surface area contributed by atoms with Gasteiger partial charge >= 0.3 is 0 Å². The second kappa shape index (κ2) is 3.80. The van der Waals surface area contributed by atoms with Crippen molar-refractivity contribution in [1.29, 1.82) is 0 Å².